The second-order valence-electron chi connectivity index (χ2n) is 8.48. The summed E-state index contributed by atoms with van der Waals surface area (Å²) in [5, 5.41) is 2.97. The first-order chi connectivity index (χ1) is 16.0. The van der Waals surface area contributed by atoms with E-state index in [-0.39, 0.29) is 36.5 Å². The number of halogens is 1. The number of hydrogen-bond donors (Lipinski definition) is 2. The monoisotopic (exact) mass is 445 g/mol. The second-order valence-corrected chi connectivity index (χ2v) is 8.48. The van der Waals surface area contributed by atoms with Crippen LogP contribution in [0.1, 0.15) is 33.5 Å². The molecule has 0 bridgehead atoms. The van der Waals surface area contributed by atoms with Crippen molar-refractivity contribution >= 4 is 11.8 Å². The van der Waals surface area contributed by atoms with Crippen molar-refractivity contribution in [1.82, 2.24) is 10.2 Å². The van der Waals surface area contributed by atoms with Crippen molar-refractivity contribution in [1.29, 1.82) is 0 Å². The van der Waals surface area contributed by atoms with Gasteiger partial charge in [-0.15, -0.1) is 0 Å². The van der Waals surface area contributed by atoms with E-state index in [1.165, 1.54) is 11.6 Å². The number of benzene rings is 3. The maximum Gasteiger partial charge on any atom is 0.251 e. The van der Waals surface area contributed by atoms with Crippen LogP contribution in [0.2, 0.25) is 0 Å². The zero-order chi connectivity index (χ0) is 23.2. The molecule has 0 saturated heterocycles. The van der Waals surface area contributed by atoms with E-state index in [4.69, 9.17) is 5.73 Å². The van der Waals surface area contributed by atoms with Crippen molar-refractivity contribution in [3.05, 3.63) is 107 Å². The fraction of sp³-hybridized carbons (Fsp3) is 0.259. The molecule has 3 N–H and O–H groups in total. The van der Waals surface area contributed by atoms with E-state index >= 15 is 0 Å². The van der Waals surface area contributed by atoms with Gasteiger partial charge in [-0.25, -0.2) is 4.39 Å². The van der Waals surface area contributed by atoms with E-state index < -0.39 is 6.04 Å². The lowest BCUT2D eigenvalue weighted by molar-refractivity contribution is -0.135. The van der Waals surface area contributed by atoms with Crippen LogP contribution in [-0.4, -0.2) is 35.3 Å². The van der Waals surface area contributed by atoms with E-state index in [2.05, 4.69) is 11.4 Å². The van der Waals surface area contributed by atoms with Crippen LogP contribution in [0, 0.1) is 5.82 Å². The molecule has 2 atom stereocenters. The predicted octanol–water partition coefficient (Wildman–Crippen LogP) is 3.47. The molecule has 0 radical (unpaired) electrons. The minimum absolute atomic E-state index is 0.0905. The highest BCUT2D eigenvalue weighted by Gasteiger charge is 2.30. The molecule has 170 valence electrons. The Morgan fingerprint density at radius 1 is 0.970 bits per heavy atom. The third kappa shape index (κ3) is 5.65. The molecule has 1 heterocycles. The van der Waals surface area contributed by atoms with Crippen LogP contribution < -0.4 is 11.1 Å². The van der Waals surface area contributed by atoms with Gasteiger partial charge in [0.1, 0.15) is 5.82 Å². The van der Waals surface area contributed by atoms with Gasteiger partial charge in [-0.3, -0.25) is 9.59 Å². The van der Waals surface area contributed by atoms with Crippen molar-refractivity contribution < 1.29 is 14.0 Å². The Kier molecular flexibility index (Phi) is 7.15. The Morgan fingerprint density at radius 2 is 1.64 bits per heavy atom. The van der Waals surface area contributed by atoms with Gasteiger partial charge in [0, 0.05) is 31.1 Å². The van der Waals surface area contributed by atoms with E-state index in [9.17, 15) is 14.0 Å². The number of nitrogens with two attached hydrogens (primary N) is 1. The topological polar surface area (TPSA) is 75.4 Å². The van der Waals surface area contributed by atoms with Crippen LogP contribution in [-0.2, 0) is 24.2 Å². The van der Waals surface area contributed by atoms with Crippen molar-refractivity contribution in [2.45, 2.75) is 37.9 Å². The third-order valence-corrected chi connectivity index (χ3v) is 6.09. The molecule has 0 aliphatic carbocycles. The summed E-state index contributed by atoms with van der Waals surface area (Å²) in [6.45, 7) is 0.809. The number of carbonyl (C=O) groups is 2. The minimum atomic E-state index is -0.494. The Hall–Kier alpha value is -3.51. The van der Waals surface area contributed by atoms with Gasteiger partial charge in [0.2, 0.25) is 5.91 Å². The van der Waals surface area contributed by atoms with E-state index in [1.54, 1.807) is 35.2 Å². The third-order valence-electron chi connectivity index (χ3n) is 6.09. The molecule has 6 heteroatoms. The average molecular weight is 446 g/mol. The number of hydrogen-bond acceptors (Lipinski definition) is 3. The zero-order valence-corrected chi connectivity index (χ0v) is 18.4. The molecule has 0 aromatic heterocycles. The first-order valence-electron chi connectivity index (χ1n) is 11.2. The van der Waals surface area contributed by atoms with Crippen molar-refractivity contribution in [2.24, 2.45) is 5.73 Å². The molecule has 3 aromatic carbocycles. The highest BCUT2D eigenvalue weighted by molar-refractivity contribution is 5.94. The maximum atomic E-state index is 14.0. The number of nitrogens with zero attached hydrogens (tertiary/aromatic N) is 1. The summed E-state index contributed by atoms with van der Waals surface area (Å²) in [4.78, 5) is 27.6. The Morgan fingerprint density at radius 3 is 2.39 bits per heavy atom. The average Bonchev–Trinajstić information content (AvgIpc) is 2.83. The summed E-state index contributed by atoms with van der Waals surface area (Å²) in [6.07, 6.45) is 1.05. The summed E-state index contributed by atoms with van der Waals surface area (Å²) in [7, 11) is 0. The molecule has 4 rings (SSSR count). The number of nitrogens with one attached hydrogen (secondary N) is 1. The molecule has 0 fully saturated rings. The highest BCUT2D eigenvalue weighted by Crippen LogP contribution is 2.24. The normalized spacial score (nSPS) is 16.1. The van der Waals surface area contributed by atoms with Gasteiger partial charge in [0.25, 0.3) is 5.91 Å². The second kappa shape index (κ2) is 10.4. The van der Waals surface area contributed by atoms with Crippen LogP contribution in [0.15, 0.2) is 78.9 Å². The first-order valence-corrected chi connectivity index (χ1v) is 11.2. The molecule has 0 spiro atoms. The maximum absolute atomic E-state index is 14.0. The van der Waals surface area contributed by atoms with Gasteiger partial charge < -0.3 is 16.0 Å². The summed E-state index contributed by atoms with van der Waals surface area (Å²) in [5.74, 6) is -0.570. The van der Waals surface area contributed by atoms with Gasteiger partial charge >= 0.3 is 0 Å². The van der Waals surface area contributed by atoms with Gasteiger partial charge in [-0.05, 0) is 47.7 Å². The quantitative estimate of drug-likeness (QED) is 0.585. The van der Waals surface area contributed by atoms with E-state index in [1.807, 2.05) is 36.4 Å². The Balaban J connectivity index is 1.45. The lowest BCUT2D eigenvalue weighted by Gasteiger charge is -2.37. The van der Waals surface area contributed by atoms with E-state index in [0.717, 1.165) is 5.56 Å². The van der Waals surface area contributed by atoms with Crippen molar-refractivity contribution in [2.75, 3.05) is 6.54 Å². The lowest BCUT2D eigenvalue weighted by Crippen LogP contribution is -2.51. The minimum Gasteiger partial charge on any atom is -0.350 e. The largest absolute Gasteiger partial charge is 0.350 e. The Labute approximate surface area is 193 Å². The summed E-state index contributed by atoms with van der Waals surface area (Å²) in [6, 6.07) is 22.9. The summed E-state index contributed by atoms with van der Waals surface area (Å²) in [5.41, 5.74) is 9.60. The SMILES string of the molecule is NC(CC(=O)N1Cc2ccccc2CC1CNC(=O)c1ccccc1)Cc1ccccc1F. The number of amides is 2. The Bertz CT molecular complexity index is 1120. The lowest BCUT2D eigenvalue weighted by atomic mass is 9.93. The molecular weight excluding hydrogens is 417 g/mol. The summed E-state index contributed by atoms with van der Waals surface area (Å²) >= 11 is 0. The molecule has 2 unspecified atom stereocenters. The molecule has 1 aliphatic heterocycles. The van der Waals surface area contributed by atoms with E-state index in [0.29, 0.717) is 30.6 Å². The predicted molar refractivity (Wildman–Crippen MR) is 126 cm³/mol. The van der Waals surface area contributed by atoms with Gasteiger partial charge in [0.05, 0.1) is 6.04 Å². The van der Waals surface area contributed by atoms with Gasteiger partial charge in [-0.2, -0.15) is 0 Å². The van der Waals surface area contributed by atoms with Crippen LogP contribution in [0.4, 0.5) is 4.39 Å². The number of rotatable bonds is 7. The van der Waals surface area contributed by atoms with Gasteiger partial charge in [-0.1, -0.05) is 60.7 Å². The molecule has 0 saturated carbocycles. The van der Waals surface area contributed by atoms with Crippen LogP contribution in [0.5, 0.6) is 0 Å². The van der Waals surface area contributed by atoms with Crippen molar-refractivity contribution in [3.63, 3.8) is 0 Å². The van der Waals surface area contributed by atoms with Crippen LogP contribution in [0.25, 0.3) is 0 Å². The molecule has 5 nitrogen and oxygen atoms in total. The van der Waals surface area contributed by atoms with Gasteiger partial charge in [0.15, 0.2) is 0 Å². The molecule has 2 amide bonds. The fourth-order valence-corrected chi connectivity index (χ4v) is 4.32. The highest BCUT2D eigenvalue weighted by atomic mass is 19.1. The molecule has 33 heavy (non-hydrogen) atoms. The fourth-order valence-electron chi connectivity index (χ4n) is 4.32. The molecule has 1 aliphatic rings. The van der Waals surface area contributed by atoms with Crippen molar-refractivity contribution in [3.8, 4) is 0 Å². The first kappa shape index (κ1) is 22.7. The molecule has 3 aromatic rings. The molecular formula is C27H28FN3O2. The van der Waals surface area contributed by atoms with Crippen LogP contribution >= 0.6 is 0 Å². The standard InChI is InChI=1S/C27H28FN3O2/c28-25-13-7-6-11-21(25)14-23(29)16-26(32)31-18-22-12-5-4-10-20(22)15-24(31)17-30-27(33)19-8-2-1-3-9-19/h1-13,23-24H,14-18,29H2,(H,30,33). The van der Waals surface area contributed by atoms with Crippen LogP contribution in [0.3, 0.4) is 0 Å². The zero-order valence-electron chi connectivity index (χ0n) is 18.4. The number of carbonyl (C=O) groups excluding carboxylic acids is 2. The number of fused-ring (bicyclic) bond motifs is 1. The smallest absolute Gasteiger partial charge is 0.251 e. The summed E-state index contributed by atoms with van der Waals surface area (Å²) < 4.78 is 14.0.